The lowest BCUT2D eigenvalue weighted by molar-refractivity contribution is 0.148. The van der Waals surface area contributed by atoms with Crippen LogP contribution in [0.4, 0.5) is 4.39 Å². The minimum absolute atomic E-state index is 0.247. The van der Waals surface area contributed by atoms with Gasteiger partial charge in [0.1, 0.15) is 11.4 Å². The fourth-order valence-electron chi connectivity index (χ4n) is 2.43. The van der Waals surface area contributed by atoms with E-state index < -0.39 is 0 Å². The fourth-order valence-corrected chi connectivity index (χ4v) is 2.43. The number of likely N-dealkylation sites (N-methyl/N-ethyl adjacent to an activating group) is 1. The van der Waals surface area contributed by atoms with Gasteiger partial charge in [-0.05, 0) is 19.2 Å². The molecule has 0 unspecified atom stereocenters. The lowest BCUT2D eigenvalue weighted by Crippen LogP contribution is -2.43. The molecule has 4 heteroatoms. The molecule has 0 amide bonds. The molecule has 18 heavy (non-hydrogen) atoms. The van der Waals surface area contributed by atoms with Crippen LogP contribution >= 0.6 is 0 Å². The van der Waals surface area contributed by atoms with Crippen LogP contribution in [0, 0.1) is 5.82 Å². The molecular formula is C14H17FN2O. The zero-order valence-corrected chi connectivity index (χ0v) is 10.5. The molecule has 1 fully saturated rings. The number of furan rings is 1. The van der Waals surface area contributed by atoms with Crippen molar-refractivity contribution in [2.45, 2.75) is 6.54 Å². The molecule has 96 valence electrons. The summed E-state index contributed by atoms with van der Waals surface area (Å²) in [5.41, 5.74) is 1.79. The van der Waals surface area contributed by atoms with Crippen LogP contribution in [0.3, 0.4) is 0 Å². The highest BCUT2D eigenvalue weighted by molar-refractivity contribution is 5.80. The van der Waals surface area contributed by atoms with Crippen LogP contribution in [0.2, 0.25) is 0 Å². The third-order valence-corrected chi connectivity index (χ3v) is 3.61. The minimum atomic E-state index is -0.247. The van der Waals surface area contributed by atoms with E-state index in [0.29, 0.717) is 5.58 Å². The summed E-state index contributed by atoms with van der Waals surface area (Å²) >= 11 is 0. The molecule has 1 aromatic carbocycles. The predicted molar refractivity (Wildman–Crippen MR) is 68.9 cm³/mol. The van der Waals surface area contributed by atoms with Gasteiger partial charge < -0.3 is 9.32 Å². The van der Waals surface area contributed by atoms with E-state index in [1.165, 1.54) is 12.1 Å². The molecule has 0 N–H and O–H groups in total. The normalized spacial score (nSPS) is 18.6. The molecule has 0 atom stereocenters. The summed E-state index contributed by atoms with van der Waals surface area (Å²) in [5, 5.41) is 1.02. The summed E-state index contributed by atoms with van der Waals surface area (Å²) in [6.07, 6.45) is 1.75. The van der Waals surface area contributed by atoms with E-state index in [1.807, 2.05) is 0 Å². The van der Waals surface area contributed by atoms with Gasteiger partial charge in [0, 0.05) is 49.7 Å². The second kappa shape index (κ2) is 4.71. The Morgan fingerprint density at radius 1 is 1.22 bits per heavy atom. The maximum absolute atomic E-state index is 13.1. The molecule has 0 spiro atoms. The maximum Gasteiger partial charge on any atom is 0.137 e. The number of nitrogens with zero attached hydrogens (tertiary/aromatic N) is 2. The first-order valence-corrected chi connectivity index (χ1v) is 6.29. The summed E-state index contributed by atoms with van der Waals surface area (Å²) < 4.78 is 18.5. The van der Waals surface area contributed by atoms with Crippen LogP contribution in [-0.4, -0.2) is 43.0 Å². The second-order valence-corrected chi connectivity index (χ2v) is 4.98. The van der Waals surface area contributed by atoms with E-state index in [1.54, 1.807) is 12.3 Å². The van der Waals surface area contributed by atoms with Gasteiger partial charge in [-0.15, -0.1) is 0 Å². The molecule has 1 aliphatic rings. The highest BCUT2D eigenvalue weighted by Crippen LogP contribution is 2.23. The Labute approximate surface area is 106 Å². The molecule has 1 saturated heterocycles. The lowest BCUT2D eigenvalue weighted by Gasteiger charge is -2.32. The quantitative estimate of drug-likeness (QED) is 0.813. The first-order chi connectivity index (χ1) is 8.72. The summed E-state index contributed by atoms with van der Waals surface area (Å²) in [6, 6.07) is 4.74. The van der Waals surface area contributed by atoms with Gasteiger partial charge in [0.05, 0.1) is 6.26 Å². The molecule has 3 nitrogen and oxygen atoms in total. The van der Waals surface area contributed by atoms with Gasteiger partial charge in [0.15, 0.2) is 0 Å². The Morgan fingerprint density at radius 3 is 2.78 bits per heavy atom. The Hall–Kier alpha value is -1.39. The van der Waals surface area contributed by atoms with E-state index in [2.05, 4.69) is 16.8 Å². The Balaban J connectivity index is 1.78. The van der Waals surface area contributed by atoms with Gasteiger partial charge in [-0.25, -0.2) is 4.39 Å². The van der Waals surface area contributed by atoms with Crippen molar-refractivity contribution in [2.75, 3.05) is 33.2 Å². The van der Waals surface area contributed by atoms with E-state index >= 15 is 0 Å². The lowest BCUT2D eigenvalue weighted by atomic mass is 10.1. The summed E-state index contributed by atoms with van der Waals surface area (Å²) in [7, 11) is 2.15. The van der Waals surface area contributed by atoms with Crippen molar-refractivity contribution in [3.63, 3.8) is 0 Å². The molecule has 1 aliphatic heterocycles. The van der Waals surface area contributed by atoms with Crippen LogP contribution in [-0.2, 0) is 6.54 Å². The second-order valence-electron chi connectivity index (χ2n) is 4.98. The Morgan fingerprint density at radius 2 is 2.00 bits per heavy atom. The molecule has 0 saturated carbocycles. The van der Waals surface area contributed by atoms with E-state index in [-0.39, 0.29) is 5.82 Å². The van der Waals surface area contributed by atoms with Crippen LogP contribution < -0.4 is 0 Å². The van der Waals surface area contributed by atoms with Gasteiger partial charge in [-0.1, -0.05) is 0 Å². The molecule has 1 aromatic heterocycles. The zero-order valence-electron chi connectivity index (χ0n) is 10.5. The number of rotatable bonds is 2. The average molecular weight is 248 g/mol. The number of benzene rings is 1. The highest BCUT2D eigenvalue weighted by atomic mass is 19.1. The van der Waals surface area contributed by atoms with Crippen LogP contribution in [0.25, 0.3) is 11.0 Å². The van der Waals surface area contributed by atoms with Crippen molar-refractivity contribution in [3.8, 4) is 0 Å². The van der Waals surface area contributed by atoms with Crippen molar-refractivity contribution >= 4 is 11.0 Å². The minimum Gasteiger partial charge on any atom is -0.464 e. The zero-order chi connectivity index (χ0) is 12.5. The Kier molecular flexibility index (Phi) is 3.06. The standard InChI is InChI=1S/C14H17FN2O/c1-16-4-6-17(7-5-16)9-11-10-18-14-8-12(15)2-3-13(11)14/h2-3,8,10H,4-7,9H2,1H3. The SMILES string of the molecule is CN1CCN(Cc2coc3cc(F)ccc23)CC1. The number of piperazine rings is 1. The number of fused-ring (bicyclic) bond motifs is 1. The van der Waals surface area contributed by atoms with Crippen molar-refractivity contribution in [1.29, 1.82) is 0 Å². The molecule has 0 bridgehead atoms. The van der Waals surface area contributed by atoms with Gasteiger partial charge >= 0.3 is 0 Å². The molecule has 0 aliphatic carbocycles. The molecule has 2 aromatic rings. The number of hydrogen-bond acceptors (Lipinski definition) is 3. The first kappa shape index (κ1) is 11.7. The molecule has 0 radical (unpaired) electrons. The first-order valence-electron chi connectivity index (χ1n) is 6.29. The van der Waals surface area contributed by atoms with Gasteiger partial charge in [0.25, 0.3) is 0 Å². The maximum atomic E-state index is 13.1. The number of halogens is 1. The Bertz CT molecular complexity index is 544. The third-order valence-electron chi connectivity index (χ3n) is 3.61. The smallest absolute Gasteiger partial charge is 0.137 e. The van der Waals surface area contributed by atoms with Crippen molar-refractivity contribution in [2.24, 2.45) is 0 Å². The van der Waals surface area contributed by atoms with Crippen LogP contribution in [0.1, 0.15) is 5.56 Å². The van der Waals surface area contributed by atoms with Gasteiger partial charge in [0.2, 0.25) is 0 Å². The van der Waals surface area contributed by atoms with Crippen molar-refractivity contribution in [3.05, 3.63) is 35.8 Å². The van der Waals surface area contributed by atoms with Crippen LogP contribution in [0.5, 0.6) is 0 Å². The summed E-state index contributed by atoms with van der Waals surface area (Å²) in [6.45, 7) is 5.23. The average Bonchev–Trinajstić information content (AvgIpc) is 2.74. The largest absolute Gasteiger partial charge is 0.464 e. The van der Waals surface area contributed by atoms with E-state index in [4.69, 9.17) is 4.42 Å². The predicted octanol–water partition coefficient (Wildman–Crippen LogP) is 2.32. The van der Waals surface area contributed by atoms with Crippen LogP contribution in [0.15, 0.2) is 28.9 Å². The topological polar surface area (TPSA) is 19.6 Å². The van der Waals surface area contributed by atoms with E-state index in [9.17, 15) is 4.39 Å². The fraction of sp³-hybridized carbons (Fsp3) is 0.429. The highest BCUT2D eigenvalue weighted by Gasteiger charge is 2.16. The van der Waals surface area contributed by atoms with E-state index in [0.717, 1.165) is 43.7 Å². The van der Waals surface area contributed by atoms with Gasteiger partial charge in [-0.3, -0.25) is 4.90 Å². The van der Waals surface area contributed by atoms with Crippen molar-refractivity contribution < 1.29 is 8.81 Å². The summed E-state index contributed by atoms with van der Waals surface area (Å²) in [5.74, 6) is -0.247. The molecular weight excluding hydrogens is 231 g/mol. The molecule has 3 rings (SSSR count). The van der Waals surface area contributed by atoms with Gasteiger partial charge in [-0.2, -0.15) is 0 Å². The van der Waals surface area contributed by atoms with Crippen molar-refractivity contribution in [1.82, 2.24) is 9.80 Å². The number of hydrogen-bond donors (Lipinski definition) is 0. The summed E-state index contributed by atoms with van der Waals surface area (Å²) in [4.78, 5) is 4.74. The molecule has 2 heterocycles. The third kappa shape index (κ3) is 2.26. The monoisotopic (exact) mass is 248 g/mol.